The van der Waals surface area contributed by atoms with E-state index >= 15 is 0 Å². The molecule has 20 heavy (non-hydrogen) atoms. The number of hydrogen-bond acceptors (Lipinski definition) is 4. The molecule has 2 N–H and O–H groups in total. The summed E-state index contributed by atoms with van der Waals surface area (Å²) in [5.41, 5.74) is 5.33. The largest absolute Gasteiger partial charge is 0.364 e. The molecule has 1 fully saturated rings. The van der Waals surface area contributed by atoms with Crippen molar-refractivity contribution < 1.29 is 13.2 Å². The fraction of sp³-hybridized carbons (Fsp3) is 0.500. The first-order chi connectivity index (χ1) is 9.36. The van der Waals surface area contributed by atoms with E-state index in [1.807, 2.05) is 0 Å². The number of nitriles is 1. The predicted octanol–water partition coefficient (Wildman–Crippen LogP) is 0.0483. The van der Waals surface area contributed by atoms with E-state index in [0.717, 1.165) is 0 Å². The number of sulfonamides is 1. The summed E-state index contributed by atoms with van der Waals surface area (Å²) in [5, 5.41) is 8.83. The Bertz CT molecular complexity index is 663. The molecule has 1 aromatic rings. The lowest BCUT2D eigenvalue weighted by Gasteiger charge is -2.27. The second-order valence-corrected chi connectivity index (χ2v) is 6.78. The minimum absolute atomic E-state index is 0.0595. The molecule has 0 atom stereocenters. The SMILES string of the molecule is Cn1cc(S(=O)(=O)N2CCC(C#N)CC2)cc1C(N)=O. The molecule has 1 amide bonds. The fourth-order valence-corrected chi connectivity index (χ4v) is 3.84. The molecule has 0 aliphatic carbocycles. The molecule has 0 unspecified atom stereocenters. The van der Waals surface area contributed by atoms with Gasteiger partial charge in [-0.2, -0.15) is 9.57 Å². The van der Waals surface area contributed by atoms with Crippen LogP contribution in [0.2, 0.25) is 0 Å². The van der Waals surface area contributed by atoms with Gasteiger partial charge in [0.25, 0.3) is 5.91 Å². The summed E-state index contributed by atoms with van der Waals surface area (Å²) in [6, 6.07) is 3.44. The second-order valence-electron chi connectivity index (χ2n) is 4.84. The first-order valence-electron chi connectivity index (χ1n) is 6.22. The van der Waals surface area contributed by atoms with Gasteiger partial charge in [0, 0.05) is 32.3 Å². The van der Waals surface area contributed by atoms with E-state index < -0.39 is 15.9 Å². The van der Waals surface area contributed by atoms with Gasteiger partial charge in [-0.05, 0) is 18.9 Å². The van der Waals surface area contributed by atoms with Crippen LogP contribution in [0.3, 0.4) is 0 Å². The zero-order valence-corrected chi connectivity index (χ0v) is 11.9. The van der Waals surface area contributed by atoms with Gasteiger partial charge < -0.3 is 10.3 Å². The highest BCUT2D eigenvalue weighted by molar-refractivity contribution is 7.89. The Balaban J connectivity index is 2.26. The van der Waals surface area contributed by atoms with Crippen molar-refractivity contribution in [1.82, 2.24) is 8.87 Å². The van der Waals surface area contributed by atoms with Crippen LogP contribution in [0.4, 0.5) is 0 Å². The van der Waals surface area contributed by atoms with Gasteiger partial charge >= 0.3 is 0 Å². The molecule has 8 heteroatoms. The lowest BCUT2D eigenvalue weighted by molar-refractivity contribution is 0.0992. The molecule has 0 aromatic carbocycles. The fourth-order valence-electron chi connectivity index (χ4n) is 2.29. The quantitative estimate of drug-likeness (QED) is 0.849. The van der Waals surface area contributed by atoms with E-state index in [4.69, 9.17) is 11.0 Å². The van der Waals surface area contributed by atoms with Crippen LogP contribution < -0.4 is 5.73 Å². The number of amides is 1. The van der Waals surface area contributed by atoms with Gasteiger partial charge in [0.05, 0.1) is 6.07 Å². The topological polar surface area (TPSA) is 109 Å². The predicted molar refractivity (Wildman–Crippen MR) is 71.0 cm³/mol. The van der Waals surface area contributed by atoms with Gasteiger partial charge in [-0.15, -0.1) is 0 Å². The molecular formula is C12H16N4O3S. The normalized spacial score (nSPS) is 17.8. The number of carbonyl (C=O) groups excluding carboxylic acids is 1. The van der Waals surface area contributed by atoms with Gasteiger partial charge in [0.1, 0.15) is 10.6 Å². The number of aromatic nitrogens is 1. The third-order valence-electron chi connectivity index (χ3n) is 3.51. The van der Waals surface area contributed by atoms with Gasteiger partial charge in [-0.1, -0.05) is 0 Å². The average Bonchev–Trinajstić information content (AvgIpc) is 2.82. The summed E-state index contributed by atoms with van der Waals surface area (Å²) in [6.45, 7) is 0.642. The number of carbonyl (C=O) groups is 1. The lowest BCUT2D eigenvalue weighted by atomic mass is 10.0. The average molecular weight is 296 g/mol. The summed E-state index contributed by atoms with van der Waals surface area (Å²) >= 11 is 0. The minimum Gasteiger partial charge on any atom is -0.364 e. The van der Waals surface area contributed by atoms with Crippen molar-refractivity contribution in [3.63, 3.8) is 0 Å². The van der Waals surface area contributed by atoms with Crippen molar-refractivity contribution in [1.29, 1.82) is 5.26 Å². The number of piperidine rings is 1. The Morgan fingerprint density at radius 2 is 2.05 bits per heavy atom. The van der Waals surface area contributed by atoms with Crippen LogP contribution in [0.5, 0.6) is 0 Å². The number of nitrogens with zero attached hydrogens (tertiary/aromatic N) is 3. The highest BCUT2D eigenvalue weighted by atomic mass is 32.2. The first kappa shape index (κ1) is 14.6. The number of hydrogen-bond donors (Lipinski definition) is 1. The van der Waals surface area contributed by atoms with Gasteiger partial charge in [0.15, 0.2) is 0 Å². The van der Waals surface area contributed by atoms with Crippen LogP contribution in [0.1, 0.15) is 23.3 Å². The Morgan fingerprint density at radius 3 is 2.50 bits per heavy atom. The maximum atomic E-state index is 12.4. The van der Waals surface area contributed by atoms with Crippen molar-refractivity contribution in [2.45, 2.75) is 17.7 Å². The molecule has 0 radical (unpaired) electrons. The number of aryl methyl sites for hydroxylation is 1. The first-order valence-corrected chi connectivity index (χ1v) is 7.66. The molecule has 0 saturated carbocycles. The van der Waals surface area contributed by atoms with Crippen molar-refractivity contribution in [3.05, 3.63) is 18.0 Å². The summed E-state index contributed by atoms with van der Waals surface area (Å²) < 4.78 is 27.6. The Kier molecular flexibility index (Phi) is 3.83. The van der Waals surface area contributed by atoms with Crippen LogP contribution in [-0.4, -0.2) is 36.3 Å². The van der Waals surface area contributed by atoms with Crippen LogP contribution in [0, 0.1) is 17.2 Å². The highest BCUT2D eigenvalue weighted by Crippen LogP contribution is 2.24. The smallest absolute Gasteiger partial charge is 0.265 e. The summed E-state index contributed by atoms with van der Waals surface area (Å²) in [4.78, 5) is 11.2. The zero-order valence-electron chi connectivity index (χ0n) is 11.1. The molecule has 1 aromatic heterocycles. The van der Waals surface area contributed by atoms with Crippen LogP contribution in [0.15, 0.2) is 17.2 Å². The molecule has 1 aliphatic rings. The van der Waals surface area contributed by atoms with E-state index in [1.54, 1.807) is 7.05 Å². The van der Waals surface area contributed by atoms with Crippen LogP contribution in [-0.2, 0) is 17.1 Å². The molecule has 7 nitrogen and oxygen atoms in total. The highest BCUT2D eigenvalue weighted by Gasteiger charge is 2.30. The third-order valence-corrected chi connectivity index (χ3v) is 5.37. The van der Waals surface area contributed by atoms with Crippen LogP contribution >= 0.6 is 0 Å². The standard InChI is InChI=1S/C12H16N4O3S/c1-15-8-10(6-11(15)12(14)17)20(18,19)16-4-2-9(7-13)3-5-16/h6,8-9H,2-5H2,1H3,(H2,14,17). The van der Waals surface area contributed by atoms with Gasteiger partial charge in [-0.25, -0.2) is 8.42 Å². The summed E-state index contributed by atoms with van der Waals surface area (Å²) in [6.07, 6.45) is 2.45. The molecule has 0 spiro atoms. The molecule has 2 heterocycles. The van der Waals surface area contributed by atoms with Gasteiger partial charge in [0.2, 0.25) is 10.0 Å². The molecular weight excluding hydrogens is 280 g/mol. The van der Waals surface area contributed by atoms with E-state index in [0.29, 0.717) is 25.9 Å². The molecule has 1 saturated heterocycles. The monoisotopic (exact) mass is 296 g/mol. The minimum atomic E-state index is -3.63. The maximum Gasteiger partial charge on any atom is 0.265 e. The van der Waals surface area contributed by atoms with Crippen molar-refractivity contribution in [2.24, 2.45) is 18.7 Å². The second kappa shape index (κ2) is 5.26. The molecule has 1 aliphatic heterocycles. The van der Waals surface area contributed by atoms with E-state index in [9.17, 15) is 13.2 Å². The Morgan fingerprint density at radius 1 is 1.45 bits per heavy atom. The van der Waals surface area contributed by atoms with Crippen molar-refractivity contribution >= 4 is 15.9 Å². The molecule has 108 valence electrons. The summed E-state index contributed by atoms with van der Waals surface area (Å²) in [5.74, 6) is -0.754. The number of rotatable bonds is 3. The van der Waals surface area contributed by atoms with Gasteiger partial charge in [-0.3, -0.25) is 4.79 Å². The maximum absolute atomic E-state index is 12.4. The number of nitrogens with two attached hydrogens (primary N) is 1. The molecule has 0 bridgehead atoms. The van der Waals surface area contributed by atoms with E-state index in [2.05, 4.69) is 6.07 Å². The third kappa shape index (κ3) is 2.55. The molecule has 2 rings (SSSR count). The van der Waals surface area contributed by atoms with Crippen molar-refractivity contribution in [2.75, 3.05) is 13.1 Å². The Labute approximate surface area is 117 Å². The van der Waals surface area contributed by atoms with E-state index in [-0.39, 0.29) is 16.5 Å². The summed E-state index contributed by atoms with van der Waals surface area (Å²) in [7, 11) is -2.06. The van der Waals surface area contributed by atoms with Crippen molar-refractivity contribution in [3.8, 4) is 6.07 Å². The van der Waals surface area contributed by atoms with E-state index in [1.165, 1.54) is 21.1 Å². The number of primary amides is 1. The van der Waals surface area contributed by atoms with Crippen LogP contribution in [0.25, 0.3) is 0 Å². The lowest BCUT2D eigenvalue weighted by Crippen LogP contribution is -2.38. The zero-order chi connectivity index (χ0) is 14.9. The Hall–Kier alpha value is -1.85.